The summed E-state index contributed by atoms with van der Waals surface area (Å²) >= 11 is 0. The number of ether oxygens (including phenoxy) is 2. The van der Waals surface area contributed by atoms with E-state index in [0.717, 1.165) is 0 Å². The number of amides is 1. The number of hydrogen-bond donors (Lipinski definition) is 2. The number of hydrogen-bond acceptors (Lipinski definition) is 6. The molecule has 0 saturated heterocycles. The van der Waals surface area contributed by atoms with Crippen LogP contribution in [0.5, 0.6) is 17.4 Å². The number of carbonyl (C=O) groups is 1. The number of aromatic hydroxyl groups is 1. The quantitative estimate of drug-likeness (QED) is 0.221. The number of nitrogens with zero attached hydrogens (tertiary/aromatic N) is 5. The van der Waals surface area contributed by atoms with E-state index >= 15 is 0 Å². The molecule has 0 saturated carbocycles. The summed E-state index contributed by atoms with van der Waals surface area (Å²) in [5, 5.41) is 11.2. The summed E-state index contributed by atoms with van der Waals surface area (Å²) in [6.45, 7) is 4.90. The van der Waals surface area contributed by atoms with Crippen LogP contribution in [0, 0.1) is 0 Å². The average molecular weight is 669 g/mol. The zero-order valence-corrected chi connectivity index (χ0v) is 27.7. The number of imidazole rings is 2. The molecule has 8 rings (SSSR count). The van der Waals surface area contributed by atoms with Crippen LogP contribution in [0.4, 0.5) is 0 Å². The van der Waals surface area contributed by atoms with Crippen molar-refractivity contribution in [2.75, 3.05) is 13.2 Å². The fourth-order valence-electron chi connectivity index (χ4n) is 6.76. The molecule has 2 N–H and O–H groups in total. The van der Waals surface area contributed by atoms with E-state index in [9.17, 15) is 19.5 Å². The number of fused-ring (bicyclic) bond motifs is 3. The molecule has 0 radical (unpaired) electrons. The molecular weight excluding hydrogens is 636 g/mol. The molecule has 12 heteroatoms. The van der Waals surface area contributed by atoms with Crippen LogP contribution in [-0.4, -0.2) is 53.2 Å². The molecule has 0 unspecified atom stereocenters. The maximum atomic E-state index is 13.5. The van der Waals surface area contributed by atoms with Gasteiger partial charge in [-0.05, 0) is 86.6 Å². The first-order chi connectivity index (χ1) is 24.2. The lowest BCUT2D eigenvalue weighted by Crippen LogP contribution is -2.20. The molecule has 4 aromatic carbocycles. The van der Waals surface area contributed by atoms with Gasteiger partial charge in [0.2, 0.25) is 0 Å². The number of H-pyrrole nitrogens is 1. The van der Waals surface area contributed by atoms with Gasteiger partial charge in [0.05, 0.1) is 69.2 Å². The molecule has 12 nitrogen and oxygen atoms in total. The van der Waals surface area contributed by atoms with Crippen LogP contribution >= 0.6 is 0 Å². The van der Waals surface area contributed by atoms with Crippen LogP contribution in [0.2, 0.25) is 0 Å². The van der Waals surface area contributed by atoms with E-state index in [1.165, 1.54) is 4.57 Å². The van der Waals surface area contributed by atoms with Crippen LogP contribution in [0.15, 0.2) is 99.5 Å². The van der Waals surface area contributed by atoms with Crippen molar-refractivity contribution >= 4 is 33.7 Å². The van der Waals surface area contributed by atoms with Crippen molar-refractivity contribution in [1.82, 2.24) is 23.3 Å². The highest BCUT2D eigenvalue weighted by molar-refractivity contribution is 6.30. The van der Waals surface area contributed by atoms with E-state index in [-0.39, 0.29) is 28.4 Å². The van der Waals surface area contributed by atoms with Gasteiger partial charge in [0.15, 0.2) is 5.88 Å². The lowest BCUT2D eigenvalue weighted by Gasteiger charge is -2.07. The number of rotatable bonds is 8. The third-order valence-corrected chi connectivity index (χ3v) is 9.13. The van der Waals surface area contributed by atoms with Crippen LogP contribution in [0.3, 0.4) is 0 Å². The largest absolute Gasteiger partial charge is 0.494 e. The van der Waals surface area contributed by atoms with E-state index in [4.69, 9.17) is 9.47 Å². The Morgan fingerprint density at radius 3 is 1.62 bits per heavy atom. The van der Waals surface area contributed by atoms with Gasteiger partial charge in [-0.2, -0.15) is 0 Å². The Morgan fingerprint density at radius 1 is 0.640 bits per heavy atom. The highest BCUT2D eigenvalue weighted by Gasteiger charge is 2.34. The van der Waals surface area contributed by atoms with Crippen molar-refractivity contribution in [1.29, 1.82) is 0 Å². The normalized spacial score (nSPS) is 12.6. The van der Waals surface area contributed by atoms with Gasteiger partial charge in [-0.3, -0.25) is 23.1 Å². The predicted molar refractivity (Wildman–Crippen MR) is 191 cm³/mol. The SMILES string of the molecule is CCOc1ccc(-n2c(=O)n(C)c3cc(C4=NC(=O)c5c(-c6ccc7c(c6)n(C)c(=O)n7-c6ccc(OCC)cc6)[nH]c(O)c54)ccc32)cc1. The molecule has 0 aliphatic carbocycles. The molecule has 50 heavy (non-hydrogen) atoms. The fourth-order valence-corrected chi connectivity index (χ4v) is 6.76. The maximum absolute atomic E-state index is 13.5. The minimum atomic E-state index is -0.511. The number of nitrogens with one attached hydrogen (secondary N) is 1. The Kier molecular flexibility index (Phi) is 7.10. The van der Waals surface area contributed by atoms with E-state index in [1.54, 1.807) is 46.0 Å². The average Bonchev–Trinajstić information content (AvgIpc) is 3.81. The molecule has 1 aliphatic heterocycles. The molecular formula is C38H32N6O6. The van der Waals surface area contributed by atoms with Crippen LogP contribution < -0.4 is 20.9 Å². The molecule has 0 spiro atoms. The Morgan fingerprint density at radius 2 is 1.12 bits per heavy atom. The first-order valence-electron chi connectivity index (χ1n) is 16.2. The fraction of sp³-hybridized carbons (Fsp3) is 0.158. The Bertz CT molecular complexity index is 2650. The molecule has 1 amide bonds. The van der Waals surface area contributed by atoms with Crippen LogP contribution in [0.25, 0.3) is 44.7 Å². The van der Waals surface area contributed by atoms with Gasteiger partial charge in [0, 0.05) is 25.2 Å². The van der Waals surface area contributed by atoms with Gasteiger partial charge in [0.25, 0.3) is 5.91 Å². The van der Waals surface area contributed by atoms with Crippen molar-refractivity contribution in [2.24, 2.45) is 19.1 Å². The number of aryl methyl sites for hydroxylation is 2. The van der Waals surface area contributed by atoms with Gasteiger partial charge >= 0.3 is 11.4 Å². The maximum Gasteiger partial charge on any atom is 0.333 e. The molecule has 250 valence electrons. The predicted octanol–water partition coefficient (Wildman–Crippen LogP) is 5.46. The number of aromatic nitrogens is 5. The summed E-state index contributed by atoms with van der Waals surface area (Å²) in [4.78, 5) is 47.6. The summed E-state index contributed by atoms with van der Waals surface area (Å²) < 4.78 is 17.4. The molecule has 0 fully saturated rings. The lowest BCUT2D eigenvalue weighted by molar-refractivity contribution is 0.101. The van der Waals surface area contributed by atoms with Crippen molar-refractivity contribution in [2.45, 2.75) is 13.8 Å². The first kappa shape index (κ1) is 30.8. The highest BCUT2D eigenvalue weighted by Crippen LogP contribution is 2.39. The Hall–Kier alpha value is -6.56. The van der Waals surface area contributed by atoms with E-state index in [1.807, 2.05) is 80.6 Å². The number of benzene rings is 4. The third kappa shape index (κ3) is 4.60. The summed E-state index contributed by atoms with van der Waals surface area (Å²) in [5.41, 5.74) is 5.88. The second-order valence-electron chi connectivity index (χ2n) is 12.0. The molecule has 4 heterocycles. The lowest BCUT2D eigenvalue weighted by atomic mass is 9.99. The van der Waals surface area contributed by atoms with Crippen LogP contribution in [0.1, 0.15) is 35.3 Å². The van der Waals surface area contributed by atoms with Crippen molar-refractivity contribution in [3.05, 3.63) is 123 Å². The van der Waals surface area contributed by atoms with Gasteiger partial charge in [-0.1, -0.05) is 12.1 Å². The Balaban J connectivity index is 1.18. The Labute approximate surface area is 284 Å². The molecule has 0 atom stereocenters. The van der Waals surface area contributed by atoms with Gasteiger partial charge in [-0.15, -0.1) is 0 Å². The first-order valence-corrected chi connectivity index (χ1v) is 16.2. The second-order valence-corrected chi connectivity index (χ2v) is 12.0. The molecule has 0 bridgehead atoms. The van der Waals surface area contributed by atoms with Gasteiger partial charge < -0.3 is 19.6 Å². The standard InChI is InChI=1S/C38H32N6O6/c1-5-49-25-13-9-23(10-14-25)43-27-17-7-21(19-29(27)41(3)37(43)47)33-31-32(36(46)39-33)34(40-35(31)45)22-8-18-28-30(20-22)42(4)38(48)44(28)24-11-15-26(16-12-24)50-6-2/h7-20,39,46H,5-6H2,1-4H3. The summed E-state index contributed by atoms with van der Waals surface area (Å²) in [6.07, 6.45) is 0. The summed E-state index contributed by atoms with van der Waals surface area (Å²) in [7, 11) is 3.38. The summed E-state index contributed by atoms with van der Waals surface area (Å²) in [5.74, 6) is 0.707. The van der Waals surface area contributed by atoms with Crippen molar-refractivity contribution in [3.63, 3.8) is 0 Å². The number of aliphatic imine (C=N–C) groups is 1. The number of aromatic amines is 1. The zero-order chi connectivity index (χ0) is 34.8. The van der Waals surface area contributed by atoms with E-state index in [2.05, 4.69) is 9.98 Å². The van der Waals surface area contributed by atoms with E-state index in [0.29, 0.717) is 80.7 Å². The van der Waals surface area contributed by atoms with Gasteiger partial charge in [0.1, 0.15) is 11.5 Å². The smallest absolute Gasteiger partial charge is 0.333 e. The third-order valence-electron chi connectivity index (χ3n) is 9.13. The van der Waals surface area contributed by atoms with Crippen molar-refractivity contribution < 1.29 is 19.4 Å². The number of carbonyl (C=O) groups excluding carboxylic acids is 1. The molecule has 3 aromatic heterocycles. The molecule has 1 aliphatic rings. The van der Waals surface area contributed by atoms with Crippen LogP contribution in [-0.2, 0) is 14.1 Å². The summed E-state index contributed by atoms with van der Waals surface area (Å²) in [6, 6.07) is 25.4. The topological polar surface area (TPSA) is 138 Å². The van der Waals surface area contributed by atoms with Crippen molar-refractivity contribution in [3.8, 4) is 40.0 Å². The van der Waals surface area contributed by atoms with E-state index < -0.39 is 5.91 Å². The van der Waals surface area contributed by atoms with Gasteiger partial charge in [-0.25, -0.2) is 14.6 Å². The minimum absolute atomic E-state index is 0.207. The second kappa shape index (κ2) is 11.5. The molecule has 7 aromatic rings. The zero-order valence-electron chi connectivity index (χ0n) is 27.7. The monoisotopic (exact) mass is 668 g/mol. The highest BCUT2D eigenvalue weighted by atomic mass is 16.5. The minimum Gasteiger partial charge on any atom is -0.494 e.